The van der Waals surface area contributed by atoms with Gasteiger partial charge in [-0.1, -0.05) is 60.8 Å². The van der Waals surface area contributed by atoms with Gasteiger partial charge in [-0.2, -0.15) is 0 Å². The van der Waals surface area contributed by atoms with Gasteiger partial charge in [-0.15, -0.1) is 0 Å². The molecule has 1 heterocycles. The lowest BCUT2D eigenvalue weighted by Crippen LogP contribution is -2.05. The Balaban J connectivity index is 1.80. The van der Waals surface area contributed by atoms with E-state index in [-0.39, 0.29) is 11.7 Å². The minimum absolute atomic E-state index is 0.127. The maximum absolute atomic E-state index is 13.4. The summed E-state index contributed by atoms with van der Waals surface area (Å²) < 4.78 is 6.14. The van der Waals surface area contributed by atoms with Gasteiger partial charge in [0.25, 0.3) is 0 Å². The second kappa shape index (κ2) is 9.82. The van der Waals surface area contributed by atoms with Crippen LogP contribution < -0.4 is 5.32 Å². The molecular weight excluding hydrogens is 457 g/mol. The third kappa shape index (κ3) is 4.97. The largest absolute Gasteiger partial charge is 0.452 e. The molecule has 33 heavy (non-hydrogen) atoms. The minimum Gasteiger partial charge on any atom is -0.452 e. The molecule has 0 fully saturated rings. The summed E-state index contributed by atoms with van der Waals surface area (Å²) in [6, 6.07) is 18.4. The molecule has 0 saturated carbocycles. The number of anilines is 1. The van der Waals surface area contributed by atoms with Crippen LogP contribution in [0.2, 0.25) is 10.0 Å². The van der Waals surface area contributed by atoms with Gasteiger partial charge in [0.2, 0.25) is 11.7 Å². The predicted octanol–water partition coefficient (Wildman–Crippen LogP) is 7.94. The van der Waals surface area contributed by atoms with Crippen LogP contribution in [-0.4, -0.2) is 11.7 Å². The Bertz CT molecular complexity index is 1360. The third-order valence-corrected chi connectivity index (χ3v) is 6.02. The van der Waals surface area contributed by atoms with E-state index in [1.54, 1.807) is 18.2 Å². The molecule has 0 aliphatic heterocycles. The van der Waals surface area contributed by atoms with Crippen molar-refractivity contribution in [3.8, 4) is 11.1 Å². The molecule has 0 radical (unpaired) electrons. The fourth-order valence-corrected chi connectivity index (χ4v) is 4.38. The van der Waals surface area contributed by atoms with Gasteiger partial charge in [-0.3, -0.25) is 9.59 Å². The van der Waals surface area contributed by atoms with Crippen LogP contribution in [-0.2, 0) is 11.2 Å². The number of ketones is 1. The van der Waals surface area contributed by atoms with Crippen molar-refractivity contribution in [1.29, 1.82) is 0 Å². The lowest BCUT2D eigenvalue weighted by molar-refractivity contribution is -0.114. The van der Waals surface area contributed by atoms with Gasteiger partial charge in [0, 0.05) is 34.1 Å². The first kappa shape index (κ1) is 23.1. The Morgan fingerprint density at radius 3 is 2.48 bits per heavy atom. The first-order chi connectivity index (χ1) is 15.9. The summed E-state index contributed by atoms with van der Waals surface area (Å²) in [6.07, 6.45) is 2.66. The molecule has 4 rings (SSSR count). The lowest BCUT2D eigenvalue weighted by Gasteiger charge is -2.06. The van der Waals surface area contributed by atoms with Gasteiger partial charge in [0.05, 0.1) is 5.02 Å². The molecule has 168 valence electrons. The van der Waals surface area contributed by atoms with Crippen LogP contribution in [0.1, 0.15) is 48.4 Å². The third-order valence-electron chi connectivity index (χ3n) is 5.47. The van der Waals surface area contributed by atoms with Gasteiger partial charge in [-0.25, -0.2) is 0 Å². The fraction of sp³-hybridized carbons (Fsp3) is 0.185. The lowest BCUT2D eigenvalue weighted by atomic mass is 9.98. The van der Waals surface area contributed by atoms with E-state index in [2.05, 4.69) is 12.2 Å². The summed E-state index contributed by atoms with van der Waals surface area (Å²) >= 11 is 12.3. The predicted molar refractivity (Wildman–Crippen MR) is 134 cm³/mol. The molecule has 6 heteroatoms. The molecule has 4 aromatic rings. The molecule has 1 amide bonds. The molecule has 0 atom stereocenters. The Morgan fingerprint density at radius 1 is 0.970 bits per heavy atom. The average molecular weight is 480 g/mol. The highest BCUT2D eigenvalue weighted by Crippen LogP contribution is 2.34. The number of hydrogen-bond acceptors (Lipinski definition) is 3. The van der Waals surface area contributed by atoms with Crippen molar-refractivity contribution in [1.82, 2.24) is 0 Å². The normalized spacial score (nSPS) is 11.0. The highest BCUT2D eigenvalue weighted by Gasteiger charge is 2.23. The summed E-state index contributed by atoms with van der Waals surface area (Å²) in [4.78, 5) is 24.8. The first-order valence-electron chi connectivity index (χ1n) is 10.8. The van der Waals surface area contributed by atoms with Crippen molar-refractivity contribution in [3.63, 3.8) is 0 Å². The molecular formula is C27H23Cl2NO3. The number of nitrogens with one attached hydrogen (secondary N) is 1. The number of amides is 1. The number of carbonyl (C=O) groups excluding carboxylic acids is 2. The minimum atomic E-state index is -0.256. The molecule has 0 saturated heterocycles. The Kier molecular flexibility index (Phi) is 6.87. The maximum Gasteiger partial charge on any atom is 0.230 e. The van der Waals surface area contributed by atoms with E-state index in [9.17, 15) is 9.59 Å². The number of aryl methyl sites for hydroxylation is 1. The topological polar surface area (TPSA) is 59.3 Å². The summed E-state index contributed by atoms with van der Waals surface area (Å²) in [5.41, 5.74) is 4.47. The van der Waals surface area contributed by atoms with Gasteiger partial charge in [0.15, 0.2) is 5.76 Å². The fourth-order valence-electron chi connectivity index (χ4n) is 3.89. The van der Waals surface area contributed by atoms with E-state index in [4.69, 9.17) is 27.6 Å². The van der Waals surface area contributed by atoms with E-state index >= 15 is 0 Å². The molecule has 0 aliphatic carbocycles. The van der Waals surface area contributed by atoms with Crippen LogP contribution >= 0.6 is 23.2 Å². The Labute approximate surface area is 202 Å². The number of hydrogen-bond donors (Lipinski definition) is 1. The molecule has 3 aromatic carbocycles. The van der Waals surface area contributed by atoms with E-state index < -0.39 is 0 Å². The summed E-state index contributed by atoms with van der Waals surface area (Å²) in [5, 5.41) is 4.48. The van der Waals surface area contributed by atoms with Crippen LogP contribution in [0.25, 0.3) is 22.1 Å². The zero-order chi connectivity index (χ0) is 23.5. The summed E-state index contributed by atoms with van der Waals surface area (Å²) in [7, 11) is 0. The second-order valence-corrected chi connectivity index (χ2v) is 8.78. The van der Waals surface area contributed by atoms with Crippen LogP contribution in [0.4, 0.5) is 5.69 Å². The quantitative estimate of drug-likeness (QED) is 0.273. The molecule has 0 bridgehead atoms. The SMILES string of the molecule is CCCCc1c(C(=O)c2ccc(Cl)cc2Cl)oc2cc(-c3cccc(NC(C)=O)c3)ccc12. The van der Waals surface area contributed by atoms with Gasteiger partial charge >= 0.3 is 0 Å². The highest BCUT2D eigenvalue weighted by molar-refractivity contribution is 6.37. The van der Waals surface area contributed by atoms with E-state index in [0.717, 1.165) is 47.0 Å². The molecule has 1 aromatic heterocycles. The van der Waals surface area contributed by atoms with Crippen molar-refractivity contribution >= 4 is 51.5 Å². The van der Waals surface area contributed by atoms with Crippen molar-refractivity contribution in [2.45, 2.75) is 33.1 Å². The monoisotopic (exact) mass is 479 g/mol. The number of rotatable bonds is 7. The molecule has 4 nitrogen and oxygen atoms in total. The van der Waals surface area contributed by atoms with Crippen LogP contribution in [0.5, 0.6) is 0 Å². The smallest absolute Gasteiger partial charge is 0.230 e. The maximum atomic E-state index is 13.4. The molecule has 0 aliphatic rings. The molecule has 0 unspecified atom stereocenters. The number of benzene rings is 3. The first-order valence-corrected chi connectivity index (χ1v) is 11.6. The number of furan rings is 1. The number of unbranched alkanes of at least 4 members (excludes halogenated alkanes) is 1. The zero-order valence-electron chi connectivity index (χ0n) is 18.4. The zero-order valence-corrected chi connectivity index (χ0v) is 19.9. The summed E-state index contributed by atoms with van der Waals surface area (Å²) in [6.45, 7) is 3.59. The van der Waals surface area contributed by atoms with Crippen molar-refractivity contribution in [2.24, 2.45) is 0 Å². The molecule has 1 N–H and O–H groups in total. The number of halogens is 2. The van der Waals surface area contributed by atoms with E-state index in [0.29, 0.717) is 27.0 Å². The van der Waals surface area contributed by atoms with Crippen molar-refractivity contribution in [2.75, 3.05) is 5.32 Å². The van der Waals surface area contributed by atoms with Crippen LogP contribution in [0.15, 0.2) is 65.1 Å². The Hall–Kier alpha value is -3.08. The standard InChI is InChI=1S/C27H23Cl2NO3/c1-3-4-8-22-21-11-9-18(17-6-5-7-20(13-17)30-16(2)31)14-25(21)33-27(22)26(32)23-12-10-19(28)15-24(23)29/h5-7,9-15H,3-4,8H2,1-2H3,(H,30,31). The second-order valence-electron chi connectivity index (χ2n) is 7.94. The highest BCUT2D eigenvalue weighted by atomic mass is 35.5. The van der Waals surface area contributed by atoms with Crippen LogP contribution in [0.3, 0.4) is 0 Å². The van der Waals surface area contributed by atoms with Gasteiger partial charge < -0.3 is 9.73 Å². The van der Waals surface area contributed by atoms with Crippen molar-refractivity contribution in [3.05, 3.63) is 87.6 Å². The van der Waals surface area contributed by atoms with E-state index in [1.165, 1.54) is 6.92 Å². The summed E-state index contributed by atoms with van der Waals surface area (Å²) in [5.74, 6) is -0.0711. The van der Waals surface area contributed by atoms with Gasteiger partial charge in [-0.05, 0) is 60.4 Å². The van der Waals surface area contributed by atoms with Crippen LogP contribution in [0, 0.1) is 0 Å². The number of carbonyl (C=O) groups is 2. The molecule has 0 spiro atoms. The van der Waals surface area contributed by atoms with Crippen molar-refractivity contribution < 1.29 is 14.0 Å². The van der Waals surface area contributed by atoms with E-state index in [1.807, 2.05) is 42.5 Å². The Morgan fingerprint density at radius 2 is 1.76 bits per heavy atom. The van der Waals surface area contributed by atoms with Gasteiger partial charge in [0.1, 0.15) is 5.58 Å². The average Bonchev–Trinajstić information content (AvgIpc) is 3.14. The number of fused-ring (bicyclic) bond motifs is 1.